The highest BCUT2D eigenvalue weighted by Crippen LogP contribution is 2.31. The Morgan fingerprint density at radius 1 is 1.15 bits per heavy atom. The molecule has 0 saturated carbocycles. The average molecular weight is 364 g/mol. The van der Waals surface area contributed by atoms with Gasteiger partial charge in [-0.15, -0.1) is 0 Å². The van der Waals surface area contributed by atoms with Crippen molar-refractivity contribution in [2.45, 2.75) is 19.2 Å². The molecule has 0 aromatic heterocycles. The van der Waals surface area contributed by atoms with Gasteiger partial charge >= 0.3 is 6.18 Å². The highest BCUT2D eigenvalue weighted by Gasteiger charge is 2.30. The number of hydrazone groups is 1. The van der Waals surface area contributed by atoms with Crippen molar-refractivity contribution in [3.63, 3.8) is 0 Å². The third-order valence-corrected chi connectivity index (χ3v) is 3.74. The van der Waals surface area contributed by atoms with E-state index in [1.165, 1.54) is 19.1 Å². The Balaban J connectivity index is 1.67. The number of carbonyl (C=O) groups is 1. The molecule has 5 nitrogen and oxygen atoms in total. The fraction of sp³-hybridized carbons (Fsp3) is 0.222. The van der Waals surface area contributed by atoms with Crippen molar-refractivity contribution in [3.8, 4) is 11.5 Å². The van der Waals surface area contributed by atoms with Gasteiger partial charge in [-0.2, -0.15) is 18.3 Å². The first-order valence-corrected chi connectivity index (χ1v) is 7.75. The lowest BCUT2D eigenvalue weighted by Crippen LogP contribution is -2.42. The molecule has 2 aromatic carbocycles. The highest BCUT2D eigenvalue weighted by atomic mass is 19.4. The quantitative estimate of drug-likeness (QED) is 0.671. The molecular formula is C18H15F3N2O3. The maximum Gasteiger partial charge on any atom is 0.416 e. The summed E-state index contributed by atoms with van der Waals surface area (Å²) in [6.45, 7) is 1.52. The fourth-order valence-electron chi connectivity index (χ4n) is 2.34. The van der Waals surface area contributed by atoms with Gasteiger partial charge in [0.1, 0.15) is 6.61 Å². The number of alkyl halides is 3. The van der Waals surface area contributed by atoms with E-state index < -0.39 is 23.8 Å². The predicted molar refractivity (Wildman–Crippen MR) is 88.2 cm³/mol. The molecule has 0 spiro atoms. The zero-order valence-electron chi connectivity index (χ0n) is 13.7. The molecule has 26 heavy (non-hydrogen) atoms. The van der Waals surface area contributed by atoms with Gasteiger partial charge in [0.2, 0.25) is 6.10 Å². The minimum Gasteiger partial charge on any atom is -0.485 e. The van der Waals surface area contributed by atoms with Gasteiger partial charge in [0.05, 0.1) is 11.3 Å². The molecule has 8 heteroatoms. The second kappa shape index (κ2) is 7.07. The number of benzene rings is 2. The lowest BCUT2D eigenvalue weighted by Gasteiger charge is -2.24. The zero-order chi connectivity index (χ0) is 18.7. The predicted octanol–water partition coefficient (Wildman–Crippen LogP) is 3.39. The molecule has 3 rings (SSSR count). The van der Waals surface area contributed by atoms with Gasteiger partial charge in [0.25, 0.3) is 5.91 Å². The molecule has 1 atom stereocenters. The summed E-state index contributed by atoms with van der Waals surface area (Å²) in [6.07, 6.45) is -5.34. The number of hydrogen-bond acceptors (Lipinski definition) is 4. The molecule has 1 unspecified atom stereocenters. The van der Waals surface area contributed by atoms with Crippen LogP contribution in [0.5, 0.6) is 11.5 Å². The molecule has 0 saturated heterocycles. The Kier molecular flexibility index (Phi) is 4.83. The maximum absolute atomic E-state index is 12.8. The number of halogens is 3. The van der Waals surface area contributed by atoms with Crippen LogP contribution in [0.4, 0.5) is 13.2 Å². The number of hydrogen-bond donors (Lipinski definition) is 1. The molecule has 1 heterocycles. The van der Waals surface area contributed by atoms with Gasteiger partial charge in [-0.1, -0.05) is 24.3 Å². The van der Waals surface area contributed by atoms with Gasteiger partial charge in [-0.3, -0.25) is 4.79 Å². The van der Waals surface area contributed by atoms with E-state index in [0.29, 0.717) is 11.5 Å². The molecule has 1 aliphatic rings. The molecule has 0 fully saturated rings. The van der Waals surface area contributed by atoms with Crippen molar-refractivity contribution in [2.75, 3.05) is 6.61 Å². The molecule has 0 radical (unpaired) electrons. The van der Waals surface area contributed by atoms with E-state index in [-0.39, 0.29) is 17.9 Å². The molecule has 1 amide bonds. The van der Waals surface area contributed by atoms with E-state index in [0.717, 1.165) is 12.1 Å². The zero-order valence-corrected chi connectivity index (χ0v) is 13.7. The lowest BCUT2D eigenvalue weighted by atomic mass is 10.1. The second-order valence-electron chi connectivity index (χ2n) is 5.62. The third kappa shape index (κ3) is 3.96. The number of carbonyl (C=O) groups excluding carboxylic acids is 1. The Bertz CT molecular complexity index is 850. The molecule has 1 aliphatic heterocycles. The minimum absolute atomic E-state index is 0.0149. The summed E-state index contributed by atoms with van der Waals surface area (Å²) >= 11 is 0. The van der Waals surface area contributed by atoms with Gasteiger partial charge in [0.15, 0.2) is 11.5 Å². The summed E-state index contributed by atoms with van der Waals surface area (Å²) < 4.78 is 49.3. The first kappa shape index (κ1) is 17.8. The van der Waals surface area contributed by atoms with E-state index in [4.69, 9.17) is 9.47 Å². The summed E-state index contributed by atoms with van der Waals surface area (Å²) in [6, 6.07) is 11.6. The van der Waals surface area contributed by atoms with Crippen molar-refractivity contribution >= 4 is 11.6 Å². The smallest absolute Gasteiger partial charge is 0.416 e. The Morgan fingerprint density at radius 2 is 1.88 bits per heavy atom. The number of para-hydroxylation sites is 2. The van der Waals surface area contributed by atoms with E-state index in [1.807, 2.05) is 0 Å². The standard InChI is InChI=1S/C18H15F3N2O3/c1-11(12-5-4-6-13(9-12)18(19,20)21)22-23-17(24)16-10-25-14-7-2-3-8-15(14)26-16/h2-9,16H,10H2,1H3,(H,23,24). The van der Waals surface area contributed by atoms with Gasteiger partial charge < -0.3 is 9.47 Å². The van der Waals surface area contributed by atoms with Crippen molar-refractivity contribution in [2.24, 2.45) is 5.10 Å². The molecule has 0 aliphatic carbocycles. The van der Waals surface area contributed by atoms with Crippen molar-refractivity contribution in [1.82, 2.24) is 5.43 Å². The SMILES string of the molecule is CC(=NNC(=O)C1COc2ccccc2O1)c1cccc(C(F)(F)F)c1. The number of amides is 1. The van der Waals surface area contributed by atoms with Crippen molar-refractivity contribution in [3.05, 3.63) is 59.7 Å². The van der Waals surface area contributed by atoms with E-state index in [1.54, 1.807) is 24.3 Å². The lowest BCUT2D eigenvalue weighted by molar-refractivity contribution is -0.137. The normalized spacial score (nSPS) is 16.9. The summed E-state index contributed by atoms with van der Waals surface area (Å²) in [5, 5.41) is 3.86. The van der Waals surface area contributed by atoms with E-state index >= 15 is 0 Å². The fourth-order valence-corrected chi connectivity index (χ4v) is 2.34. The topological polar surface area (TPSA) is 59.9 Å². The molecule has 2 aromatic rings. The van der Waals surface area contributed by atoms with Crippen molar-refractivity contribution in [1.29, 1.82) is 0 Å². The van der Waals surface area contributed by atoms with Crippen LogP contribution < -0.4 is 14.9 Å². The average Bonchev–Trinajstić information content (AvgIpc) is 2.64. The number of fused-ring (bicyclic) bond motifs is 1. The molecule has 136 valence electrons. The molecule has 0 bridgehead atoms. The number of ether oxygens (including phenoxy) is 2. The Labute approximate surface area is 147 Å². The summed E-state index contributed by atoms with van der Waals surface area (Å²) in [4.78, 5) is 12.2. The maximum atomic E-state index is 12.8. The van der Waals surface area contributed by atoms with Gasteiger partial charge in [-0.25, -0.2) is 5.43 Å². The Morgan fingerprint density at radius 3 is 2.62 bits per heavy atom. The van der Waals surface area contributed by atoms with Crippen LogP contribution in [0.2, 0.25) is 0 Å². The van der Waals surface area contributed by atoms with Gasteiger partial charge in [0, 0.05) is 0 Å². The summed E-state index contributed by atoms with van der Waals surface area (Å²) in [7, 11) is 0. The van der Waals surface area contributed by atoms with Crippen molar-refractivity contribution < 1.29 is 27.4 Å². The first-order chi connectivity index (χ1) is 12.3. The van der Waals surface area contributed by atoms with Crippen LogP contribution in [0.15, 0.2) is 53.6 Å². The van der Waals surface area contributed by atoms with E-state index in [2.05, 4.69) is 10.5 Å². The first-order valence-electron chi connectivity index (χ1n) is 7.75. The highest BCUT2D eigenvalue weighted by molar-refractivity contribution is 5.99. The number of nitrogens with one attached hydrogen (secondary N) is 1. The number of nitrogens with zero attached hydrogens (tertiary/aromatic N) is 1. The summed E-state index contributed by atoms with van der Waals surface area (Å²) in [5.74, 6) is 0.434. The molecular weight excluding hydrogens is 349 g/mol. The monoisotopic (exact) mass is 364 g/mol. The van der Waals surface area contributed by atoms with Crippen LogP contribution in [-0.4, -0.2) is 24.3 Å². The second-order valence-corrected chi connectivity index (χ2v) is 5.62. The van der Waals surface area contributed by atoms with Crippen LogP contribution >= 0.6 is 0 Å². The van der Waals surface area contributed by atoms with Crippen LogP contribution in [0.3, 0.4) is 0 Å². The van der Waals surface area contributed by atoms with Crippen LogP contribution in [0, 0.1) is 0 Å². The molecule has 1 N–H and O–H groups in total. The largest absolute Gasteiger partial charge is 0.485 e. The summed E-state index contributed by atoms with van der Waals surface area (Å²) in [5.41, 5.74) is 2.01. The Hall–Kier alpha value is -3.03. The number of rotatable bonds is 3. The van der Waals surface area contributed by atoms with Crippen LogP contribution in [-0.2, 0) is 11.0 Å². The third-order valence-electron chi connectivity index (χ3n) is 3.74. The minimum atomic E-state index is -4.44. The van der Waals surface area contributed by atoms with Crippen LogP contribution in [0.25, 0.3) is 0 Å². The van der Waals surface area contributed by atoms with E-state index in [9.17, 15) is 18.0 Å². The van der Waals surface area contributed by atoms with Gasteiger partial charge in [-0.05, 0) is 36.8 Å². The van der Waals surface area contributed by atoms with Crippen LogP contribution in [0.1, 0.15) is 18.1 Å².